The maximum absolute atomic E-state index is 12.7. The first-order valence-electron chi connectivity index (χ1n) is 5.91. The van der Waals surface area contributed by atoms with Gasteiger partial charge in [0.25, 0.3) is 0 Å². The summed E-state index contributed by atoms with van der Waals surface area (Å²) >= 11 is 0. The van der Waals surface area contributed by atoms with Crippen LogP contribution in [0.4, 0.5) is 19.0 Å². The van der Waals surface area contributed by atoms with Gasteiger partial charge in [-0.05, 0) is 23.8 Å². The largest absolute Gasteiger partial charge is 0.481 e. The Kier molecular flexibility index (Phi) is 3.84. The minimum Gasteiger partial charge on any atom is -0.481 e. The van der Waals surface area contributed by atoms with Gasteiger partial charge in [0, 0.05) is 17.3 Å². The summed E-state index contributed by atoms with van der Waals surface area (Å²) in [6, 6.07) is 6.16. The maximum atomic E-state index is 12.7. The van der Waals surface area contributed by atoms with Gasteiger partial charge in [0.15, 0.2) is 0 Å². The first-order chi connectivity index (χ1) is 9.77. The van der Waals surface area contributed by atoms with E-state index in [9.17, 15) is 18.0 Å². The number of nitrogens with zero attached hydrogens (tertiary/aromatic N) is 1. The van der Waals surface area contributed by atoms with Gasteiger partial charge in [-0.15, -0.1) is 0 Å². The number of hydrogen-bond acceptors (Lipinski definition) is 3. The average Bonchev–Trinajstić information content (AvgIpc) is 2.40. The highest BCUT2D eigenvalue weighted by molar-refractivity contribution is 5.74. The van der Waals surface area contributed by atoms with Gasteiger partial charge < -0.3 is 10.8 Å². The molecule has 21 heavy (non-hydrogen) atoms. The molecule has 1 aromatic heterocycles. The van der Waals surface area contributed by atoms with E-state index in [0.29, 0.717) is 11.1 Å². The molecule has 4 nitrogen and oxygen atoms in total. The fraction of sp³-hybridized carbons (Fsp3) is 0.143. The van der Waals surface area contributed by atoms with E-state index in [1.165, 1.54) is 24.4 Å². The summed E-state index contributed by atoms with van der Waals surface area (Å²) in [5, 5.41) is 8.77. The molecule has 0 aliphatic carbocycles. The molecule has 0 amide bonds. The molecule has 7 heteroatoms. The molecule has 0 fully saturated rings. The van der Waals surface area contributed by atoms with Crippen molar-refractivity contribution in [1.29, 1.82) is 0 Å². The summed E-state index contributed by atoms with van der Waals surface area (Å²) in [7, 11) is 0. The average molecular weight is 296 g/mol. The van der Waals surface area contributed by atoms with Gasteiger partial charge in [-0.3, -0.25) is 4.79 Å². The van der Waals surface area contributed by atoms with Crippen LogP contribution in [0.15, 0.2) is 36.5 Å². The molecule has 110 valence electrons. The molecule has 0 saturated carbocycles. The molecule has 3 N–H and O–H groups in total. The van der Waals surface area contributed by atoms with Gasteiger partial charge in [-0.2, -0.15) is 13.2 Å². The Morgan fingerprint density at radius 2 is 1.95 bits per heavy atom. The van der Waals surface area contributed by atoms with E-state index in [0.717, 1.165) is 12.1 Å². The normalized spacial score (nSPS) is 11.4. The molecule has 0 spiro atoms. The van der Waals surface area contributed by atoms with Gasteiger partial charge in [0.05, 0.1) is 12.0 Å². The minimum atomic E-state index is -4.44. The number of carboxylic acids is 1. The molecule has 0 bridgehead atoms. The van der Waals surface area contributed by atoms with Crippen molar-refractivity contribution < 1.29 is 23.1 Å². The summed E-state index contributed by atoms with van der Waals surface area (Å²) in [6.45, 7) is 0. The summed E-state index contributed by atoms with van der Waals surface area (Å²) < 4.78 is 38.1. The first-order valence-corrected chi connectivity index (χ1v) is 5.91. The van der Waals surface area contributed by atoms with Crippen LogP contribution in [0.5, 0.6) is 0 Å². The fourth-order valence-electron chi connectivity index (χ4n) is 1.86. The molecule has 1 heterocycles. The Bertz CT molecular complexity index is 684. The Morgan fingerprint density at radius 1 is 1.24 bits per heavy atom. The number of aliphatic carboxylic acids is 1. The van der Waals surface area contributed by atoms with Crippen molar-refractivity contribution >= 4 is 11.8 Å². The Hall–Kier alpha value is -2.57. The SMILES string of the molecule is Nc1ncc(-c2cccc(C(F)(F)F)c2)cc1CC(=O)O. The maximum Gasteiger partial charge on any atom is 0.416 e. The lowest BCUT2D eigenvalue weighted by Gasteiger charge is -2.10. The number of anilines is 1. The molecule has 2 aromatic rings. The van der Waals surface area contributed by atoms with Crippen LogP contribution in [0, 0.1) is 0 Å². The van der Waals surface area contributed by atoms with Crippen LogP contribution in [-0.4, -0.2) is 16.1 Å². The second-order valence-corrected chi connectivity index (χ2v) is 4.42. The zero-order chi connectivity index (χ0) is 15.6. The monoisotopic (exact) mass is 296 g/mol. The lowest BCUT2D eigenvalue weighted by Crippen LogP contribution is -2.06. The lowest BCUT2D eigenvalue weighted by atomic mass is 10.0. The van der Waals surface area contributed by atoms with Crippen molar-refractivity contribution in [2.75, 3.05) is 5.73 Å². The van der Waals surface area contributed by atoms with Crippen LogP contribution in [0.3, 0.4) is 0 Å². The summed E-state index contributed by atoms with van der Waals surface area (Å²) in [5.41, 5.74) is 5.72. The van der Waals surface area contributed by atoms with Gasteiger partial charge in [0.2, 0.25) is 0 Å². The summed E-state index contributed by atoms with van der Waals surface area (Å²) in [5.74, 6) is -1.04. The zero-order valence-electron chi connectivity index (χ0n) is 10.7. The van der Waals surface area contributed by atoms with Crippen molar-refractivity contribution in [3.05, 3.63) is 47.7 Å². The smallest absolute Gasteiger partial charge is 0.416 e. The Morgan fingerprint density at radius 3 is 2.57 bits per heavy atom. The highest BCUT2D eigenvalue weighted by Gasteiger charge is 2.30. The molecule has 0 unspecified atom stereocenters. The van der Waals surface area contributed by atoms with Crippen molar-refractivity contribution in [2.45, 2.75) is 12.6 Å². The molecule has 0 saturated heterocycles. The molecule has 1 aromatic carbocycles. The number of pyridine rings is 1. The number of nitrogen functional groups attached to an aromatic ring is 1. The fourth-order valence-corrected chi connectivity index (χ4v) is 1.86. The molecule has 2 rings (SSSR count). The number of alkyl halides is 3. The van der Waals surface area contributed by atoms with E-state index in [1.807, 2.05) is 0 Å². The number of nitrogens with two attached hydrogens (primary N) is 1. The zero-order valence-corrected chi connectivity index (χ0v) is 10.7. The van der Waals surface area contributed by atoms with Crippen LogP contribution in [-0.2, 0) is 17.4 Å². The minimum absolute atomic E-state index is 0.0492. The van der Waals surface area contributed by atoms with E-state index in [-0.39, 0.29) is 17.8 Å². The highest BCUT2D eigenvalue weighted by atomic mass is 19.4. The quantitative estimate of drug-likeness (QED) is 0.913. The number of carbonyl (C=O) groups is 1. The molecular formula is C14H11F3N2O2. The van der Waals surface area contributed by atoms with Crippen LogP contribution < -0.4 is 5.73 Å². The number of carboxylic acid groups (broad SMARTS) is 1. The highest BCUT2D eigenvalue weighted by Crippen LogP contribution is 2.32. The van der Waals surface area contributed by atoms with Gasteiger partial charge in [-0.25, -0.2) is 4.98 Å². The van der Waals surface area contributed by atoms with Gasteiger partial charge in [0.1, 0.15) is 5.82 Å². The van der Waals surface area contributed by atoms with Crippen LogP contribution >= 0.6 is 0 Å². The predicted octanol–water partition coefficient (Wildman–Crippen LogP) is 2.98. The van der Waals surface area contributed by atoms with Gasteiger partial charge in [-0.1, -0.05) is 12.1 Å². The first kappa shape index (κ1) is 14.8. The second kappa shape index (κ2) is 5.43. The molecule has 0 aliphatic rings. The molecular weight excluding hydrogens is 285 g/mol. The number of halogens is 3. The van der Waals surface area contributed by atoms with Crippen molar-refractivity contribution in [2.24, 2.45) is 0 Å². The van der Waals surface area contributed by atoms with Crippen molar-refractivity contribution in [3.63, 3.8) is 0 Å². The van der Waals surface area contributed by atoms with Gasteiger partial charge >= 0.3 is 12.1 Å². The van der Waals surface area contributed by atoms with Crippen molar-refractivity contribution in [3.8, 4) is 11.1 Å². The van der Waals surface area contributed by atoms with E-state index < -0.39 is 17.7 Å². The third kappa shape index (κ3) is 3.50. The summed E-state index contributed by atoms with van der Waals surface area (Å²) in [6.07, 6.45) is -3.47. The Balaban J connectivity index is 2.45. The third-order valence-corrected chi connectivity index (χ3v) is 2.87. The Labute approximate surface area is 118 Å². The number of aromatic nitrogens is 1. The number of benzene rings is 1. The van der Waals surface area contributed by atoms with E-state index in [2.05, 4.69) is 4.98 Å². The lowest BCUT2D eigenvalue weighted by molar-refractivity contribution is -0.138. The number of rotatable bonds is 3. The third-order valence-electron chi connectivity index (χ3n) is 2.87. The molecule has 0 aliphatic heterocycles. The topological polar surface area (TPSA) is 76.2 Å². The molecule has 0 radical (unpaired) electrons. The molecule has 0 atom stereocenters. The van der Waals surface area contributed by atoms with E-state index in [4.69, 9.17) is 10.8 Å². The van der Waals surface area contributed by atoms with Crippen LogP contribution in [0.1, 0.15) is 11.1 Å². The summed E-state index contributed by atoms with van der Waals surface area (Å²) in [4.78, 5) is 14.6. The van der Waals surface area contributed by atoms with Crippen LogP contribution in [0.25, 0.3) is 11.1 Å². The predicted molar refractivity (Wildman–Crippen MR) is 70.4 cm³/mol. The van der Waals surface area contributed by atoms with E-state index in [1.54, 1.807) is 0 Å². The second-order valence-electron chi connectivity index (χ2n) is 4.42. The number of hydrogen-bond donors (Lipinski definition) is 2. The van der Waals surface area contributed by atoms with Crippen molar-refractivity contribution in [1.82, 2.24) is 4.98 Å². The van der Waals surface area contributed by atoms with E-state index >= 15 is 0 Å². The standard InChI is InChI=1S/C14H11F3N2O2/c15-14(16,17)11-3-1-2-8(5-11)10-4-9(6-12(20)21)13(18)19-7-10/h1-5,7H,6H2,(H2,18,19)(H,20,21). The van der Waals surface area contributed by atoms with Crippen LogP contribution in [0.2, 0.25) is 0 Å².